The van der Waals surface area contributed by atoms with E-state index < -0.39 is 0 Å². The van der Waals surface area contributed by atoms with Crippen LogP contribution >= 0.6 is 12.8 Å². The Bertz CT molecular complexity index is 300. The number of rotatable bonds is 2. The molecule has 0 radical (unpaired) electrons. The number of para-hydroxylation sites is 1. The highest BCUT2D eigenvalue weighted by molar-refractivity contribution is 7.78. The first-order valence-electron chi connectivity index (χ1n) is 4.46. The van der Waals surface area contributed by atoms with Gasteiger partial charge in [0, 0.05) is 19.3 Å². The van der Waals surface area contributed by atoms with Gasteiger partial charge in [0.1, 0.15) is 0 Å². The van der Waals surface area contributed by atoms with E-state index in [1.54, 1.807) is 11.9 Å². The average Bonchev–Trinajstić information content (AvgIpc) is 2.20. The van der Waals surface area contributed by atoms with Crippen LogP contribution in [0.5, 0.6) is 0 Å². The van der Waals surface area contributed by atoms with E-state index in [9.17, 15) is 4.79 Å². The third-order valence-corrected chi connectivity index (χ3v) is 2.06. The average molecular weight is 210 g/mol. The minimum atomic E-state index is -0.123. The van der Waals surface area contributed by atoms with Gasteiger partial charge in [-0.05, 0) is 19.1 Å². The Morgan fingerprint density at radius 2 is 1.93 bits per heavy atom. The summed E-state index contributed by atoms with van der Waals surface area (Å²) in [5.41, 5.74) is 0.890. The van der Waals surface area contributed by atoms with Crippen molar-refractivity contribution < 1.29 is 4.79 Å². The van der Waals surface area contributed by atoms with Crippen LogP contribution in [0.3, 0.4) is 0 Å². The summed E-state index contributed by atoms with van der Waals surface area (Å²) in [5.74, 6) is 0. The third kappa shape index (κ3) is 2.42. The lowest BCUT2D eigenvalue weighted by Crippen LogP contribution is -2.36. The largest absolute Gasteiger partial charge is 0.334 e. The van der Waals surface area contributed by atoms with Crippen LogP contribution in [0.25, 0.3) is 0 Å². The number of anilines is 1. The number of thiol groups is 1. The summed E-state index contributed by atoms with van der Waals surface area (Å²) in [6.07, 6.45) is 0. The highest BCUT2D eigenvalue weighted by Crippen LogP contribution is 2.14. The summed E-state index contributed by atoms with van der Waals surface area (Å²) in [6.45, 7) is 2.57. The second kappa shape index (κ2) is 4.91. The molecule has 0 aliphatic carbocycles. The Hall–Kier alpha value is -1.16. The second-order valence-electron chi connectivity index (χ2n) is 2.89. The van der Waals surface area contributed by atoms with Crippen LogP contribution in [0.2, 0.25) is 0 Å². The maximum atomic E-state index is 11.6. The molecule has 0 aromatic heterocycles. The summed E-state index contributed by atoms with van der Waals surface area (Å²) in [5, 5.41) is 0. The summed E-state index contributed by atoms with van der Waals surface area (Å²) in [6, 6.07) is 9.42. The molecule has 0 fully saturated rings. The van der Waals surface area contributed by atoms with Gasteiger partial charge >= 0.3 is 6.03 Å². The Labute approximate surface area is 89.9 Å². The minimum Gasteiger partial charge on any atom is -0.294 e. The first-order chi connectivity index (χ1) is 6.66. The Morgan fingerprint density at radius 1 is 1.36 bits per heavy atom. The van der Waals surface area contributed by atoms with Crippen LogP contribution in [0.4, 0.5) is 10.5 Å². The number of amides is 2. The molecule has 0 unspecified atom stereocenters. The molecule has 0 saturated heterocycles. The zero-order valence-electron chi connectivity index (χ0n) is 8.34. The number of benzene rings is 1. The summed E-state index contributed by atoms with van der Waals surface area (Å²) < 4.78 is 1.27. The molecule has 0 N–H and O–H groups in total. The molecule has 0 aliphatic heterocycles. The van der Waals surface area contributed by atoms with Crippen molar-refractivity contribution in [3.63, 3.8) is 0 Å². The van der Waals surface area contributed by atoms with Gasteiger partial charge in [-0.15, -0.1) is 0 Å². The minimum absolute atomic E-state index is 0.123. The van der Waals surface area contributed by atoms with Gasteiger partial charge in [0.05, 0.1) is 0 Å². The molecule has 14 heavy (non-hydrogen) atoms. The molecule has 0 bridgehead atoms. The first-order valence-corrected chi connectivity index (χ1v) is 4.86. The molecule has 0 atom stereocenters. The lowest BCUT2D eigenvalue weighted by Gasteiger charge is -2.23. The first kappa shape index (κ1) is 10.9. The highest BCUT2D eigenvalue weighted by atomic mass is 32.1. The molecule has 1 rings (SSSR count). The van der Waals surface area contributed by atoms with E-state index in [4.69, 9.17) is 0 Å². The molecule has 0 aliphatic rings. The fourth-order valence-electron chi connectivity index (χ4n) is 1.21. The van der Waals surface area contributed by atoms with E-state index in [2.05, 4.69) is 12.8 Å². The van der Waals surface area contributed by atoms with Gasteiger partial charge in [0.25, 0.3) is 0 Å². The van der Waals surface area contributed by atoms with Gasteiger partial charge < -0.3 is 0 Å². The maximum absolute atomic E-state index is 11.6. The van der Waals surface area contributed by atoms with Crippen molar-refractivity contribution in [2.24, 2.45) is 0 Å². The molecule has 1 aromatic carbocycles. The smallest absolute Gasteiger partial charge is 0.294 e. The molecule has 0 heterocycles. The van der Waals surface area contributed by atoms with E-state index >= 15 is 0 Å². The van der Waals surface area contributed by atoms with Gasteiger partial charge in [0.2, 0.25) is 0 Å². The molecule has 3 nitrogen and oxygen atoms in total. The quantitative estimate of drug-likeness (QED) is 0.744. The molecule has 76 valence electrons. The van der Waals surface area contributed by atoms with Crippen molar-refractivity contribution in [2.45, 2.75) is 6.92 Å². The molecule has 4 heteroatoms. The highest BCUT2D eigenvalue weighted by Gasteiger charge is 2.15. The monoisotopic (exact) mass is 210 g/mol. The van der Waals surface area contributed by atoms with Crippen LogP contribution in [0.1, 0.15) is 6.92 Å². The Kier molecular flexibility index (Phi) is 3.83. The van der Waals surface area contributed by atoms with Crippen LogP contribution in [-0.2, 0) is 0 Å². The molecule has 2 amide bonds. The van der Waals surface area contributed by atoms with Crippen LogP contribution < -0.4 is 4.90 Å². The van der Waals surface area contributed by atoms with E-state index in [-0.39, 0.29) is 6.03 Å². The van der Waals surface area contributed by atoms with E-state index in [1.807, 2.05) is 37.3 Å². The molecular weight excluding hydrogens is 196 g/mol. The topological polar surface area (TPSA) is 23.6 Å². The fourth-order valence-corrected chi connectivity index (χ4v) is 1.32. The third-order valence-electron chi connectivity index (χ3n) is 1.89. The Morgan fingerprint density at radius 3 is 2.36 bits per heavy atom. The second-order valence-corrected chi connectivity index (χ2v) is 3.49. The fraction of sp³-hybridized carbons (Fsp3) is 0.300. The van der Waals surface area contributed by atoms with E-state index in [1.165, 1.54) is 4.31 Å². The number of hydrogen-bond donors (Lipinski definition) is 1. The summed E-state index contributed by atoms with van der Waals surface area (Å²) in [7, 11) is 1.62. The van der Waals surface area contributed by atoms with E-state index in [0.29, 0.717) is 6.54 Å². The maximum Gasteiger partial charge on any atom is 0.334 e. The zero-order valence-corrected chi connectivity index (χ0v) is 9.24. The lowest BCUT2D eigenvalue weighted by atomic mass is 10.3. The molecule has 0 saturated carbocycles. The molecule has 1 aromatic rings. The molecular formula is C10H14N2OS. The van der Waals surface area contributed by atoms with Crippen LogP contribution in [0, 0.1) is 0 Å². The van der Waals surface area contributed by atoms with Crippen molar-refractivity contribution in [2.75, 3.05) is 18.5 Å². The lowest BCUT2D eigenvalue weighted by molar-refractivity contribution is 0.237. The zero-order chi connectivity index (χ0) is 10.6. The van der Waals surface area contributed by atoms with Crippen molar-refractivity contribution in [3.8, 4) is 0 Å². The number of carbonyl (C=O) groups excluding carboxylic acids is 1. The Balaban J connectivity index is 2.88. The summed E-state index contributed by atoms with van der Waals surface area (Å²) >= 11 is 3.98. The van der Waals surface area contributed by atoms with Crippen molar-refractivity contribution in [3.05, 3.63) is 30.3 Å². The standard InChI is InChI=1S/C10H14N2OS/c1-3-12(10(13)11(2)14)9-7-5-4-6-8-9/h4-8,14H,3H2,1-2H3. The van der Waals surface area contributed by atoms with Gasteiger partial charge in [0.15, 0.2) is 0 Å². The number of nitrogens with zero attached hydrogens (tertiary/aromatic N) is 2. The predicted octanol–water partition coefficient (Wildman–Crippen LogP) is 2.41. The summed E-state index contributed by atoms with van der Waals surface area (Å²) in [4.78, 5) is 13.3. The van der Waals surface area contributed by atoms with Crippen molar-refractivity contribution in [1.82, 2.24) is 4.31 Å². The molecule has 0 spiro atoms. The van der Waals surface area contributed by atoms with Crippen molar-refractivity contribution in [1.29, 1.82) is 0 Å². The predicted molar refractivity (Wildman–Crippen MR) is 61.6 cm³/mol. The SMILES string of the molecule is CCN(C(=O)N(C)S)c1ccccc1. The number of carbonyl (C=O) groups is 1. The van der Waals surface area contributed by atoms with Gasteiger partial charge in [-0.1, -0.05) is 31.0 Å². The number of hydrogen-bond acceptors (Lipinski definition) is 2. The van der Waals surface area contributed by atoms with Gasteiger partial charge in [-0.25, -0.2) is 4.79 Å². The number of urea groups is 1. The van der Waals surface area contributed by atoms with Gasteiger partial charge in [-0.3, -0.25) is 9.21 Å². The van der Waals surface area contributed by atoms with Crippen LogP contribution in [0.15, 0.2) is 30.3 Å². The van der Waals surface area contributed by atoms with Crippen LogP contribution in [-0.4, -0.2) is 23.9 Å². The van der Waals surface area contributed by atoms with Crippen molar-refractivity contribution >= 4 is 24.5 Å². The van der Waals surface area contributed by atoms with E-state index in [0.717, 1.165) is 5.69 Å². The van der Waals surface area contributed by atoms with Gasteiger partial charge in [-0.2, -0.15) is 0 Å². The normalized spacial score (nSPS) is 9.64.